The van der Waals surface area contributed by atoms with Gasteiger partial charge in [-0.15, -0.1) is 11.3 Å². The van der Waals surface area contributed by atoms with Gasteiger partial charge in [-0.25, -0.2) is 10.4 Å². The van der Waals surface area contributed by atoms with Crippen LogP contribution in [0.25, 0.3) is 0 Å². The number of amides is 1. The van der Waals surface area contributed by atoms with Gasteiger partial charge in [0.05, 0.1) is 35.5 Å². The lowest BCUT2D eigenvalue weighted by Crippen LogP contribution is -2.20. The quantitative estimate of drug-likeness (QED) is 0.143. The fraction of sp³-hybridized carbons (Fsp3) is 0.179. The molecule has 0 aliphatic rings. The molecule has 4 rings (SSSR count). The second-order valence-corrected chi connectivity index (χ2v) is 9.62. The molecule has 0 atom stereocenters. The number of benzene rings is 3. The van der Waals surface area contributed by atoms with Gasteiger partial charge in [0.15, 0.2) is 16.6 Å². The number of thiazole rings is 1. The summed E-state index contributed by atoms with van der Waals surface area (Å²) in [5.74, 6) is 0.430. The van der Waals surface area contributed by atoms with Crippen molar-refractivity contribution in [3.05, 3.63) is 99.5 Å². The molecule has 1 amide bonds. The minimum absolute atomic E-state index is 0.0741. The zero-order valence-corrected chi connectivity index (χ0v) is 22.7. The van der Waals surface area contributed by atoms with Gasteiger partial charge in [-0.05, 0) is 48.4 Å². The van der Waals surface area contributed by atoms with Crippen LogP contribution in [0.1, 0.15) is 29.3 Å². The van der Waals surface area contributed by atoms with Crippen LogP contribution in [0.4, 0.5) is 24.0 Å². The maximum atomic E-state index is 12.9. The summed E-state index contributed by atoms with van der Waals surface area (Å²) in [4.78, 5) is 16.6. The van der Waals surface area contributed by atoms with Crippen LogP contribution in [0.2, 0.25) is 5.02 Å². The van der Waals surface area contributed by atoms with Gasteiger partial charge in [0.1, 0.15) is 6.61 Å². The molecule has 208 valence electrons. The van der Waals surface area contributed by atoms with Crippen LogP contribution in [-0.4, -0.2) is 23.7 Å². The lowest BCUT2D eigenvalue weighted by Gasteiger charge is -2.14. The first-order valence-corrected chi connectivity index (χ1v) is 13.3. The summed E-state index contributed by atoms with van der Waals surface area (Å²) in [7, 11) is 0. The Labute approximate surface area is 237 Å². The van der Waals surface area contributed by atoms with Crippen molar-refractivity contribution in [3.63, 3.8) is 0 Å². The zero-order valence-electron chi connectivity index (χ0n) is 21.2. The number of hydrogen-bond acceptors (Lipinski definition) is 7. The summed E-state index contributed by atoms with van der Waals surface area (Å²) in [6.07, 6.45) is -3.09. The summed E-state index contributed by atoms with van der Waals surface area (Å²) >= 11 is 7.62. The van der Waals surface area contributed by atoms with Crippen molar-refractivity contribution < 1.29 is 27.4 Å². The number of anilines is 2. The minimum Gasteiger partial charge on any atom is -0.490 e. The van der Waals surface area contributed by atoms with Crippen molar-refractivity contribution in [2.24, 2.45) is 5.10 Å². The molecule has 0 saturated carbocycles. The second-order valence-electron chi connectivity index (χ2n) is 8.35. The number of alkyl halides is 3. The fourth-order valence-electron chi connectivity index (χ4n) is 3.52. The van der Waals surface area contributed by atoms with Crippen molar-refractivity contribution in [2.75, 3.05) is 11.9 Å². The highest BCUT2D eigenvalue weighted by Gasteiger charge is 2.30. The molecule has 1 heterocycles. The number of carbonyl (C=O) groups is 1. The number of hydrazone groups is 1. The number of nitrogens with zero attached hydrogens (tertiary/aromatic N) is 2. The first kappa shape index (κ1) is 28.9. The third-order valence-corrected chi connectivity index (χ3v) is 6.38. The number of nitrogens with one attached hydrogen (secondary N) is 2. The van der Waals surface area contributed by atoms with Gasteiger partial charge in [0.25, 0.3) is 0 Å². The molecule has 0 bridgehead atoms. The molecule has 0 aliphatic heterocycles. The molecule has 0 fully saturated rings. The Morgan fingerprint density at radius 2 is 1.90 bits per heavy atom. The van der Waals surface area contributed by atoms with Gasteiger partial charge >= 0.3 is 6.18 Å². The van der Waals surface area contributed by atoms with E-state index in [2.05, 4.69) is 20.8 Å². The van der Waals surface area contributed by atoms with E-state index in [9.17, 15) is 18.0 Å². The highest BCUT2D eigenvalue weighted by atomic mass is 35.5. The standard InChI is InChI=1S/C28H24ClF3N4O3S/c1-2-38-24-12-19(11-23(29)26(24)39-16-18-7-4-3-5-8-18)15-33-36-25(37)14-22-17-40-27(35-22)34-21-10-6-9-20(13-21)28(30,31)32/h3-13,15,17H,2,14,16H2,1H3,(H,34,35)(H,36,37)/b33-15-. The van der Waals surface area contributed by atoms with Crippen LogP contribution in [0.3, 0.4) is 0 Å². The van der Waals surface area contributed by atoms with E-state index in [0.717, 1.165) is 17.7 Å². The molecule has 12 heteroatoms. The second kappa shape index (κ2) is 13.3. The maximum Gasteiger partial charge on any atom is 0.416 e. The van der Waals surface area contributed by atoms with Crippen LogP contribution in [0.5, 0.6) is 11.5 Å². The van der Waals surface area contributed by atoms with Crippen LogP contribution < -0.4 is 20.2 Å². The van der Waals surface area contributed by atoms with Crippen molar-refractivity contribution in [1.29, 1.82) is 0 Å². The topological polar surface area (TPSA) is 84.8 Å². The molecule has 1 aromatic heterocycles. The van der Waals surface area contributed by atoms with Gasteiger partial charge < -0.3 is 14.8 Å². The molecule has 3 aromatic carbocycles. The summed E-state index contributed by atoms with van der Waals surface area (Å²) in [5, 5.41) is 9.15. The highest BCUT2D eigenvalue weighted by Crippen LogP contribution is 2.37. The predicted octanol–water partition coefficient (Wildman–Crippen LogP) is 7.23. The molecule has 40 heavy (non-hydrogen) atoms. The van der Waals surface area contributed by atoms with E-state index in [1.807, 2.05) is 37.3 Å². The Hall–Kier alpha value is -4.09. The first-order valence-electron chi connectivity index (χ1n) is 12.0. The Balaban J connectivity index is 1.34. The average molecular weight is 589 g/mol. The molecule has 7 nitrogen and oxygen atoms in total. The number of aromatic nitrogens is 1. The van der Waals surface area contributed by atoms with E-state index in [0.29, 0.717) is 46.1 Å². The summed E-state index contributed by atoms with van der Waals surface area (Å²) < 4.78 is 50.4. The summed E-state index contributed by atoms with van der Waals surface area (Å²) in [5.41, 5.74) is 3.91. The molecule has 0 unspecified atom stereocenters. The van der Waals surface area contributed by atoms with Crippen LogP contribution >= 0.6 is 22.9 Å². The Morgan fingerprint density at radius 3 is 2.65 bits per heavy atom. The van der Waals surface area contributed by atoms with Gasteiger partial charge in [-0.3, -0.25) is 4.79 Å². The van der Waals surface area contributed by atoms with Gasteiger partial charge in [0.2, 0.25) is 5.91 Å². The van der Waals surface area contributed by atoms with Crippen molar-refractivity contribution in [2.45, 2.75) is 26.1 Å². The SMILES string of the molecule is CCOc1cc(/C=N\NC(=O)Cc2csc(Nc3cccc(C(F)(F)F)c3)n2)cc(Cl)c1OCc1ccccc1. The smallest absolute Gasteiger partial charge is 0.416 e. The molecule has 2 N–H and O–H groups in total. The number of ether oxygens (including phenoxy) is 2. The van der Waals surface area contributed by atoms with Crippen LogP contribution in [-0.2, 0) is 24.0 Å². The van der Waals surface area contributed by atoms with E-state index in [4.69, 9.17) is 21.1 Å². The van der Waals surface area contributed by atoms with Crippen molar-refractivity contribution >= 4 is 45.9 Å². The van der Waals surface area contributed by atoms with E-state index in [1.165, 1.54) is 29.7 Å². The fourth-order valence-corrected chi connectivity index (χ4v) is 4.52. The molecule has 4 aromatic rings. The van der Waals surface area contributed by atoms with Gasteiger partial charge in [0, 0.05) is 11.1 Å². The summed E-state index contributed by atoms with van der Waals surface area (Å²) in [6.45, 7) is 2.56. The first-order chi connectivity index (χ1) is 19.2. The minimum atomic E-state index is -4.45. The van der Waals surface area contributed by atoms with Crippen molar-refractivity contribution in [3.8, 4) is 11.5 Å². The molecular formula is C28H24ClF3N4O3S. The maximum absolute atomic E-state index is 12.9. The van der Waals surface area contributed by atoms with E-state index >= 15 is 0 Å². The number of carbonyl (C=O) groups excluding carboxylic acids is 1. The highest BCUT2D eigenvalue weighted by molar-refractivity contribution is 7.13. The van der Waals surface area contributed by atoms with E-state index in [1.54, 1.807) is 17.5 Å². The molecule has 0 radical (unpaired) electrons. The number of rotatable bonds is 11. The van der Waals surface area contributed by atoms with Gasteiger partial charge in [-0.2, -0.15) is 18.3 Å². The van der Waals surface area contributed by atoms with Gasteiger partial charge in [-0.1, -0.05) is 48.0 Å². The zero-order chi connectivity index (χ0) is 28.5. The Morgan fingerprint density at radius 1 is 1.10 bits per heavy atom. The Kier molecular flexibility index (Phi) is 9.62. The number of hydrogen-bond donors (Lipinski definition) is 2. The molecule has 0 aliphatic carbocycles. The van der Waals surface area contributed by atoms with Crippen LogP contribution in [0.15, 0.2) is 77.2 Å². The van der Waals surface area contributed by atoms with E-state index < -0.39 is 17.6 Å². The molecule has 0 saturated heterocycles. The third kappa shape index (κ3) is 8.20. The van der Waals surface area contributed by atoms with E-state index in [-0.39, 0.29) is 12.1 Å². The largest absolute Gasteiger partial charge is 0.490 e. The summed E-state index contributed by atoms with van der Waals surface area (Å²) in [6, 6.07) is 17.8. The van der Waals surface area contributed by atoms with Crippen molar-refractivity contribution in [1.82, 2.24) is 10.4 Å². The lowest BCUT2D eigenvalue weighted by molar-refractivity contribution is -0.137. The molecule has 0 spiro atoms. The Bertz CT molecular complexity index is 1480. The number of halogens is 4. The lowest BCUT2D eigenvalue weighted by atomic mass is 10.2. The van der Waals surface area contributed by atoms with Crippen LogP contribution in [0, 0.1) is 0 Å². The predicted molar refractivity (Wildman–Crippen MR) is 150 cm³/mol. The molecular weight excluding hydrogens is 565 g/mol. The average Bonchev–Trinajstić information content (AvgIpc) is 3.35. The monoisotopic (exact) mass is 588 g/mol. The third-order valence-electron chi connectivity index (χ3n) is 5.30. The normalized spacial score (nSPS) is 11.4.